The first-order valence-electron chi connectivity index (χ1n) is 5.98. The molecule has 0 saturated carbocycles. The van der Waals surface area contributed by atoms with E-state index in [0.717, 1.165) is 6.26 Å². The zero-order chi connectivity index (χ0) is 15.8. The predicted molar refractivity (Wildman–Crippen MR) is 75.9 cm³/mol. The van der Waals surface area contributed by atoms with E-state index in [1.807, 2.05) is 13.8 Å². The fraction of sp³-hybridized carbons (Fsp3) is 0.385. The number of carbonyl (C=O) groups is 1. The molecule has 0 aliphatic heterocycles. The Hall–Kier alpha value is -2.07. The van der Waals surface area contributed by atoms with E-state index >= 15 is 0 Å². The molecule has 0 spiro atoms. The van der Waals surface area contributed by atoms with E-state index in [2.05, 4.69) is 5.32 Å². The number of hydrogen-bond donors (Lipinski definition) is 1. The Balaban J connectivity index is 0.00000172. The molecule has 0 fully saturated rings. The van der Waals surface area contributed by atoms with Crippen LogP contribution in [0.4, 0.5) is 0 Å². The van der Waals surface area contributed by atoms with Crippen LogP contribution < -0.4 is 9.50 Å². The Morgan fingerprint density at radius 2 is 1.95 bits per heavy atom. The molecule has 110 valence electrons. The summed E-state index contributed by atoms with van der Waals surface area (Å²) in [6, 6.07) is 6.16. The van der Waals surface area contributed by atoms with Gasteiger partial charge in [0.05, 0.1) is 12.3 Å². The summed E-state index contributed by atoms with van der Waals surface area (Å²) in [7, 11) is -3.64. The Kier molecular flexibility index (Phi) is 7.33. The van der Waals surface area contributed by atoms with E-state index in [9.17, 15) is 13.2 Å². The minimum Gasteiger partial charge on any atom is -0.383 e. The van der Waals surface area contributed by atoms with Crippen molar-refractivity contribution in [3.63, 3.8) is 0 Å². The van der Waals surface area contributed by atoms with Gasteiger partial charge >= 0.3 is 10.1 Å². The Labute approximate surface area is 119 Å². The lowest BCUT2D eigenvalue weighted by Gasteiger charge is -2.07. The topological polar surface area (TPSA) is 96.3 Å². The molecule has 0 aliphatic carbocycles. The molecule has 7 heteroatoms. The number of carbonyl (C=O) groups excluding carboxylic acids is 1. The summed E-state index contributed by atoms with van der Waals surface area (Å²) in [5.41, 5.74) is 0.919. The molecule has 0 saturated heterocycles. The third-order valence-electron chi connectivity index (χ3n) is 1.89. The van der Waals surface area contributed by atoms with Gasteiger partial charge in [0.25, 0.3) is 5.91 Å². The average Bonchev–Trinajstić information content (AvgIpc) is 2.35. The molecule has 20 heavy (non-hydrogen) atoms. The van der Waals surface area contributed by atoms with E-state index in [4.69, 9.17) is 9.44 Å². The number of benzene rings is 1. The molecule has 0 aliphatic rings. The van der Waals surface area contributed by atoms with Gasteiger partial charge in [-0.25, -0.2) is 0 Å². The van der Waals surface area contributed by atoms with Gasteiger partial charge in [-0.15, -0.1) is 0 Å². The third-order valence-corrected chi connectivity index (χ3v) is 2.38. The van der Waals surface area contributed by atoms with Crippen LogP contribution in [0.5, 0.6) is 5.75 Å². The van der Waals surface area contributed by atoms with Gasteiger partial charge in [-0.1, -0.05) is 13.8 Å². The SMILES string of the molecule is CC.Cc1cc(OS(C)(=O)=O)cc(C(=O)NCC#N)c1. The van der Waals surface area contributed by atoms with Crippen molar-refractivity contribution in [1.29, 1.82) is 5.26 Å². The second-order valence-electron chi connectivity index (χ2n) is 3.66. The van der Waals surface area contributed by atoms with Gasteiger partial charge < -0.3 is 9.50 Å². The van der Waals surface area contributed by atoms with Gasteiger partial charge in [-0.2, -0.15) is 13.7 Å². The minimum atomic E-state index is -3.64. The third kappa shape index (κ3) is 6.75. The highest BCUT2D eigenvalue weighted by Crippen LogP contribution is 2.18. The highest BCUT2D eigenvalue weighted by molar-refractivity contribution is 7.86. The molecular weight excluding hydrogens is 280 g/mol. The zero-order valence-corrected chi connectivity index (χ0v) is 12.7. The van der Waals surface area contributed by atoms with E-state index < -0.39 is 16.0 Å². The lowest BCUT2D eigenvalue weighted by molar-refractivity contribution is 0.0958. The Morgan fingerprint density at radius 1 is 1.35 bits per heavy atom. The molecule has 0 atom stereocenters. The summed E-state index contributed by atoms with van der Waals surface area (Å²) in [6.07, 6.45) is 0.921. The van der Waals surface area contributed by atoms with Crippen molar-refractivity contribution in [2.75, 3.05) is 12.8 Å². The van der Waals surface area contributed by atoms with Crippen LogP contribution in [0, 0.1) is 18.3 Å². The molecule has 1 rings (SSSR count). The molecule has 0 unspecified atom stereocenters. The van der Waals surface area contributed by atoms with Crippen molar-refractivity contribution in [1.82, 2.24) is 5.32 Å². The second-order valence-corrected chi connectivity index (χ2v) is 5.24. The average molecular weight is 298 g/mol. The van der Waals surface area contributed by atoms with Gasteiger partial charge in [-0.3, -0.25) is 4.79 Å². The Bertz CT molecular complexity index is 603. The second kappa shape index (κ2) is 8.17. The van der Waals surface area contributed by atoms with Crippen LogP contribution in [0.25, 0.3) is 0 Å². The number of nitrogens with zero attached hydrogens (tertiary/aromatic N) is 1. The summed E-state index contributed by atoms with van der Waals surface area (Å²) < 4.78 is 26.7. The van der Waals surface area contributed by atoms with Gasteiger partial charge in [-0.05, 0) is 30.7 Å². The predicted octanol–water partition coefficient (Wildman–Crippen LogP) is 1.61. The first-order valence-corrected chi connectivity index (χ1v) is 7.80. The quantitative estimate of drug-likeness (QED) is 0.673. The lowest BCUT2D eigenvalue weighted by atomic mass is 10.1. The number of aryl methyl sites for hydroxylation is 1. The van der Waals surface area contributed by atoms with Crippen molar-refractivity contribution >= 4 is 16.0 Å². The molecule has 0 radical (unpaired) electrons. The minimum absolute atomic E-state index is 0.0691. The highest BCUT2D eigenvalue weighted by atomic mass is 32.2. The molecule has 1 aromatic carbocycles. The molecule has 0 aromatic heterocycles. The van der Waals surface area contributed by atoms with Crippen molar-refractivity contribution in [3.05, 3.63) is 29.3 Å². The van der Waals surface area contributed by atoms with E-state index in [1.54, 1.807) is 19.1 Å². The monoisotopic (exact) mass is 298 g/mol. The smallest absolute Gasteiger partial charge is 0.306 e. The summed E-state index contributed by atoms with van der Waals surface area (Å²) in [5.74, 6) is -0.391. The van der Waals surface area contributed by atoms with Crippen LogP contribution >= 0.6 is 0 Å². The molecule has 1 N–H and O–H groups in total. The Morgan fingerprint density at radius 3 is 2.45 bits per heavy atom. The van der Waals surface area contributed by atoms with E-state index in [1.165, 1.54) is 12.1 Å². The molecule has 6 nitrogen and oxygen atoms in total. The lowest BCUT2D eigenvalue weighted by Crippen LogP contribution is -2.23. The molecule has 1 amide bonds. The summed E-state index contributed by atoms with van der Waals surface area (Å²) in [6.45, 7) is 5.59. The van der Waals surface area contributed by atoms with Crippen LogP contribution in [-0.2, 0) is 10.1 Å². The maximum absolute atomic E-state index is 11.6. The molecule has 1 aromatic rings. The summed E-state index contributed by atoms with van der Waals surface area (Å²) >= 11 is 0. The fourth-order valence-electron chi connectivity index (χ4n) is 1.32. The highest BCUT2D eigenvalue weighted by Gasteiger charge is 2.10. The molecular formula is C13H18N2O4S. The van der Waals surface area contributed by atoms with Crippen LogP contribution in [-0.4, -0.2) is 27.1 Å². The first kappa shape index (κ1) is 17.9. The van der Waals surface area contributed by atoms with Crippen molar-refractivity contribution in [2.45, 2.75) is 20.8 Å². The largest absolute Gasteiger partial charge is 0.383 e. The normalized spacial score (nSPS) is 9.75. The van der Waals surface area contributed by atoms with Gasteiger partial charge in [0.1, 0.15) is 12.3 Å². The zero-order valence-electron chi connectivity index (χ0n) is 11.9. The maximum Gasteiger partial charge on any atom is 0.306 e. The molecule has 0 bridgehead atoms. The molecule has 0 heterocycles. The van der Waals surface area contributed by atoms with Gasteiger partial charge in [0, 0.05) is 5.56 Å². The maximum atomic E-state index is 11.6. The number of amides is 1. The van der Waals surface area contributed by atoms with Crippen molar-refractivity contribution < 1.29 is 17.4 Å². The summed E-state index contributed by atoms with van der Waals surface area (Å²) in [4.78, 5) is 11.6. The first-order chi connectivity index (χ1) is 9.31. The van der Waals surface area contributed by atoms with Crippen LogP contribution in [0.1, 0.15) is 29.8 Å². The van der Waals surface area contributed by atoms with Crippen LogP contribution in [0.2, 0.25) is 0 Å². The summed E-state index contributed by atoms with van der Waals surface area (Å²) in [5, 5.41) is 10.7. The number of nitriles is 1. The van der Waals surface area contributed by atoms with Crippen LogP contribution in [0.3, 0.4) is 0 Å². The van der Waals surface area contributed by atoms with E-state index in [-0.39, 0.29) is 17.9 Å². The fourth-order valence-corrected chi connectivity index (χ4v) is 1.77. The standard InChI is InChI=1S/C11H12N2O4S.C2H6/c1-8-5-9(11(14)13-4-3-12)7-10(6-8)17-18(2,15)16;1-2/h5-7H,4H2,1-2H3,(H,13,14);1-2H3. The number of rotatable bonds is 4. The number of hydrogen-bond acceptors (Lipinski definition) is 5. The van der Waals surface area contributed by atoms with Gasteiger partial charge in [0.15, 0.2) is 0 Å². The van der Waals surface area contributed by atoms with Crippen LogP contribution in [0.15, 0.2) is 18.2 Å². The van der Waals surface area contributed by atoms with Crippen molar-refractivity contribution in [3.8, 4) is 11.8 Å². The van der Waals surface area contributed by atoms with Gasteiger partial charge in [0.2, 0.25) is 0 Å². The van der Waals surface area contributed by atoms with Crippen molar-refractivity contribution in [2.24, 2.45) is 0 Å². The number of nitrogens with one attached hydrogen (secondary N) is 1. The van der Waals surface area contributed by atoms with E-state index in [0.29, 0.717) is 5.56 Å².